The van der Waals surface area contributed by atoms with Gasteiger partial charge in [-0.05, 0) is 30.5 Å². The molecule has 172 valence electrons. The number of aromatic nitrogens is 5. The lowest BCUT2D eigenvalue weighted by Gasteiger charge is -2.42. The van der Waals surface area contributed by atoms with Crippen molar-refractivity contribution in [3.05, 3.63) is 87.5 Å². The number of rotatable bonds is 4. The van der Waals surface area contributed by atoms with Gasteiger partial charge in [-0.15, -0.1) is 0 Å². The smallest absolute Gasteiger partial charge is 0.264 e. The van der Waals surface area contributed by atoms with Crippen molar-refractivity contribution in [1.29, 1.82) is 0 Å². The number of hydrogen-bond acceptors (Lipinski definition) is 5. The van der Waals surface area contributed by atoms with Gasteiger partial charge in [-0.2, -0.15) is 5.10 Å². The maximum Gasteiger partial charge on any atom is 0.264 e. The van der Waals surface area contributed by atoms with Crippen molar-refractivity contribution in [3.63, 3.8) is 0 Å². The number of likely N-dealkylation sites (tertiary alicyclic amines) is 1. The third-order valence-corrected chi connectivity index (χ3v) is 6.95. The number of carbonyl (C=O) groups is 1. The van der Waals surface area contributed by atoms with E-state index in [0.717, 1.165) is 17.8 Å². The van der Waals surface area contributed by atoms with Crippen molar-refractivity contribution in [3.8, 4) is 5.69 Å². The molecule has 9 heteroatoms. The summed E-state index contributed by atoms with van der Waals surface area (Å²) in [5, 5.41) is 4.76. The Morgan fingerprint density at radius 1 is 1.00 bits per heavy atom. The van der Waals surface area contributed by atoms with Crippen molar-refractivity contribution >= 4 is 16.9 Å². The van der Waals surface area contributed by atoms with Crippen LogP contribution in [0.1, 0.15) is 24.5 Å². The van der Waals surface area contributed by atoms with Gasteiger partial charge < -0.3 is 9.47 Å². The highest BCUT2D eigenvalue weighted by atomic mass is 16.2. The zero-order valence-electron chi connectivity index (χ0n) is 18.6. The normalized spacial score (nSPS) is 19.2. The summed E-state index contributed by atoms with van der Waals surface area (Å²) < 4.78 is 4.98. The minimum Gasteiger partial charge on any atom is -0.342 e. The summed E-state index contributed by atoms with van der Waals surface area (Å²) in [6.45, 7) is 2.17. The number of pyridine rings is 1. The Balaban J connectivity index is 1.18. The molecule has 2 aliphatic rings. The van der Waals surface area contributed by atoms with E-state index in [1.165, 1.54) is 17.1 Å². The first kappa shape index (κ1) is 20.6. The first-order valence-corrected chi connectivity index (χ1v) is 11.5. The predicted octanol–water partition coefficient (Wildman–Crippen LogP) is 1.78. The van der Waals surface area contributed by atoms with Gasteiger partial charge >= 0.3 is 0 Å². The van der Waals surface area contributed by atoms with Crippen molar-refractivity contribution in [2.45, 2.75) is 31.8 Å². The molecule has 1 aromatic carbocycles. The topological polar surface area (TPSA) is 95.0 Å². The van der Waals surface area contributed by atoms with Gasteiger partial charge in [0.15, 0.2) is 5.65 Å². The van der Waals surface area contributed by atoms with Crippen LogP contribution in [0.15, 0.2) is 70.6 Å². The second kappa shape index (κ2) is 8.09. The molecule has 0 N–H and O–H groups in total. The Morgan fingerprint density at radius 2 is 1.85 bits per heavy atom. The first-order valence-electron chi connectivity index (χ1n) is 11.5. The van der Waals surface area contributed by atoms with Crippen molar-refractivity contribution in [2.75, 3.05) is 13.1 Å². The van der Waals surface area contributed by atoms with E-state index in [1.54, 1.807) is 16.8 Å². The fraction of sp³-hybridized carbons (Fsp3) is 0.320. The van der Waals surface area contributed by atoms with E-state index in [0.29, 0.717) is 30.7 Å². The molecule has 1 fully saturated rings. The summed E-state index contributed by atoms with van der Waals surface area (Å²) in [4.78, 5) is 44.6. The fourth-order valence-electron chi connectivity index (χ4n) is 5.34. The van der Waals surface area contributed by atoms with Crippen LogP contribution in [-0.4, -0.2) is 47.8 Å². The Kier molecular flexibility index (Phi) is 4.90. The Bertz CT molecular complexity index is 1500. The molecule has 5 heterocycles. The van der Waals surface area contributed by atoms with Crippen LogP contribution in [0.25, 0.3) is 16.7 Å². The second-order valence-corrected chi connectivity index (χ2v) is 9.12. The van der Waals surface area contributed by atoms with Crippen LogP contribution in [0, 0.1) is 5.92 Å². The molecule has 2 unspecified atom stereocenters. The molecule has 1 amide bonds. The molecule has 1 saturated heterocycles. The standard InChI is InChI=1S/C25H24N6O3/c32-22(29-13-17-11-18(15-29)21-7-4-8-23(33)30(21)14-17)9-10-28-16-26-24-20(25(28)34)12-27-31(24)19-5-2-1-3-6-19/h1-8,12,16-18H,9-11,13-15H2. The third kappa shape index (κ3) is 3.44. The van der Waals surface area contributed by atoms with Gasteiger partial charge in [0, 0.05) is 50.3 Å². The number of carbonyl (C=O) groups excluding carboxylic acids is 1. The highest BCUT2D eigenvalue weighted by molar-refractivity contribution is 5.77. The van der Waals surface area contributed by atoms with Crippen LogP contribution in [0.3, 0.4) is 0 Å². The van der Waals surface area contributed by atoms with E-state index in [2.05, 4.69) is 10.1 Å². The van der Waals surface area contributed by atoms with Gasteiger partial charge in [0.1, 0.15) is 5.39 Å². The molecule has 0 aliphatic carbocycles. The lowest BCUT2D eigenvalue weighted by molar-refractivity contribution is -0.134. The highest BCUT2D eigenvalue weighted by Crippen LogP contribution is 2.35. The number of nitrogens with zero attached hydrogens (tertiary/aromatic N) is 6. The Labute approximate surface area is 194 Å². The predicted molar refractivity (Wildman–Crippen MR) is 126 cm³/mol. The zero-order chi connectivity index (χ0) is 23.2. The average Bonchev–Trinajstić information content (AvgIpc) is 3.30. The molecule has 0 spiro atoms. The van der Waals surface area contributed by atoms with Crippen LogP contribution in [-0.2, 0) is 17.9 Å². The SMILES string of the molecule is O=C(CCn1cnc2c(cnn2-c2ccccc2)c1=O)N1CC2CC(C1)c1cccc(=O)n1C2. The summed E-state index contributed by atoms with van der Waals surface area (Å²) in [5.41, 5.74) is 2.17. The summed E-state index contributed by atoms with van der Waals surface area (Å²) >= 11 is 0. The molecule has 6 rings (SSSR count). The van der Waals surface area contributed by atoms with Crippen molar-refractivity contribution < 1.29 is 4.79 Å². The number of amides is 1. The van der Waals surface area contributed by atoms with Gasteiger partial charge in [0.2, 0.25) is 5.91 Å². The average molecular weight is 457 g/mol. The van der Waals surface area contributed by atoms with Crippen LogP contribution >= 0.6 is 0 Å². The van der Waals surface area contributed by atoms with Gasteiger partial charge in [0.05, 0.1) is 18.2 Å². The monoisotopic (exact) mass is 456 g/mol. The van der Waals surface area contributed by atoms with Crippen LogP contribution in [0.2, 0.25) is 0 Å². The Hall–Kier alpha value is -4.01. The number of para-hydroxylation sites is 1. The molecular weight excluding hydrogens is 432 g/mol. The largest absolute Gasteiger partial charge is 0.342 e. The zero-order valence-corrected chi connectivity index (χ0v) is 18.6. The number of piperidine rings is 1. The van der Waals surface area contributed by atoms with Gasteiger partial charge in [-0.25, -0.2) is 9.67 Å². The van der Waals surface area contributed by atoms with Crippen molar-refractivity contribution in [2.24, 2.45) is 5.92 Å². The summed E-state index contributed by atoms with van der Waals surface area (Å²) in [6, 6.07) is 14.9. The third-order valence-electron chi connectivity index (χ3n) is 6.95. The van der Waals surface area contributed by atoms with E-state index in [9.17, 15) is 14.4 Å². The quantitative estimate of drug-likeness (QED) is 0.467. The second-order valence-electron chi connectivity index (χ2n) is 9.12. The van der Waals surface area contributed by atoms with E-state index in [4.69, 9.17) is 0 Å². The summed E-state index contributed by atoms with van der Waals surface area (Å²) in [5.74, 6) is 0.475. The molecular formula is C25H24N6O3. The molecule has 4 aromatic rings. The number of benzene rings is 1. The summed E-state index contributed by atoms with van der Waals surface area (Å²) in [7, 11) is 0. The van der Waals surface area contributed by atoms with E-state index < -0.39 is 0 Å². The van der Waals surface area contributed by atoms with E-state index >= 15 is 0 Å². The van der Waals surface area contributed by atoms with Crippen molar-refractivity contribution in [1.82, 2.24) is 28.8 Å². The Morgan fingerprint density at radius 3 is 2.71 bits per heavy atom. The van der Waals surface area contributed by atoms with E-state index in [1.807, 2.05) is 45.9 Å². The van der Waals surface area contributed by atoms with Gasteiger partial charge in [-0.3, -0.25) is 19.0 Å². The minimum atomic E-state index is -0.205. The molecule has 3 aromatic heterocycles. The lowest BCUT2D eigenvalue weighted by atomic mass is 9.83. The molecule has 9 nitrogen and oxygen atoms in total. The maximum absolute atomic E-state index is 13.1. The van der Waals surface area contributed by atoms with Gasteiger partial charge in [-0.1, -0.05) is 24.3 Å². The number of aryl methyl sites for hydroxylation is 1. The molecule has 0 radical (unpaired) electrons. The van der Waals surface area contributed by atoms with Crippen LogP contribution in [0.5, 0.6) is 0 Å². The maximum atomic E-state index is 13.1. The van der Waals surface area contributed by atoms with Crippen LogP contribution < -0.4 is 11.1 Å². The molecule has 0 saturated carbocycles. The first-order chi connectivity index (χ1) is 16.6. The fourth-order valence-corrected chi connectivity index (χ4v) is 5.34. The lowest BCUT2D eigenvalue weighted by Crippen LogP contribution is -2.49. The highest BCUT2D eigenvalue weighted by Gasteiger charge is 2.36. The van der Waals surface area contributed by atoms with Crippen LogP contribution in [0.4, 0.5) is 0 Å². The molecule has 2 bridgehead atoms. The molecule has 34 heavy (non-hydrogen) atoms. The molecule has 2 atom stereocenters. The van der Waals surface area contributed by atoms with E-state index in [-0.39, 0.29) is 41.8 Å². The number of hydrogen-bond donors (Lipinski definition) is 0. The van der Waals surface area contributed by atoms with Gasteiger partial charge in [0.25, 0.3) is 11.1 Å². The molecule has 2 aliphatic heterocycles. The minimum absolute atomic E-state index is 0.0217. The number of fused-ring (bicyclic) bond motifs is 5. The summed E-state index contributed by atoms with van der Waals surface area (Å²) in [6.07, 6.45) is 4.24.